The lowest BCUT2D eigenvalue weighted by atomic mass is 9.79. The van der Waals surface area contributed by atoms with Crippen LogP contribution in [0.1, 0.15) is 31.2 Å². The number of likely N-dealkylation sites (N-methyl/N-ethyl adjacent to an activating group) is 1. The second-order valence-electron chi connectivity index (χ2n) is 5.97. The normalized spacial score (nSPS) is 21.1. The Hall–Kier alpha value is -1.58. The summed E-state index contributed by atoms with van der Waals surface area (Å²) in [4.78, 5) is 6.65. The van der Waals surface area contributed by atoms with Crippen LogP contribution in [-0.4, -0.2) is 37.5 Å². The van der Waals surface area contributed by atoms with Gasteiger partial charge in [-0.2, -0.15) is 0 Å². The van der Waals surface area contributed by atoms with Crippen LogP contribution in [0.5, 0.6) is 0 Å². The molecule has 1 N–H and O–H groups in total. The molecule has 0 aromatic heterocycles. The van der Waals surface area contributed by atoms with Crippen molar-refractivity contribution < 1.29 is 4.39 Å². The van der Waals surface area contributed by atoms with Gasteiger partial charge in [-0.3, -0.25) is 4.99 Å². The molecule has 1 aliphatic heterocycles. The molecule has 20 heavy (non-hydrogen) atoms. The van der Waals surface area contributed by atoms with Crippen molar-refractivity contribution in [3.05, 3.63) is 35.6 Å². The van der Waals surface area contributed by atoms with E-state index in [2.05, 4.69) is 22.3 Å². The lowest BCUT2D eigenvalue weighted by molar-refractivity contribution is 0.421. The van der Waals surface area contributed by atoms with Gasteiger partial charge in [-0.25, -0.2) is 4.39 Å². The highest BCUT2D eigenvalue weighted by Crippen LogP contribution is 2.40. The van der Waals surface area contributed by atoms with Crippen LogP contribution >= 0.6 is 0 Å². The van der Waals surface area contributed by atoms with E-state index in [-0.39, 0.29) is 11.2 Å². The predicted octanol–water partition coefficient (Wildman–Crippen LogP) is 2.53. The number of halogens is 1. The standard InChI is InChI=1S/C16H22FN3/c1-20-11-10-18-15(20)19-12-16(8-2-3-9-16)13-4-6-14(17)7-5-13/h4-7H,2-3,8-12H2,1H3,(H,18,19). The summed E-state index contributed by atoms with van der Waals surface area (Å²) in [5.41, 5.74) is 1.39. The molecule has 1 aliphatic carbocycles. The molecular formula is C16H22FN3. The molecule has 4 heteroatoms. The zero-order chi connectivity index (χ0) is 14.0. The zero-order valence-corrected chi connectivity index (χ0v) is 12.0. The van der Waals surface area contributed by atoms with E-state index in [0.717, 1.165) is 25.6 Å². The highest BCUT2D eigenvalue weighted by Gasteiger charge is 2.36. The SMILES string of the molecule is CN1CCN=C1NCC1(c2ccc(F)cc2)CCCC1. The van der Waals surface area contributed by atoms with Crippen LogP contribution in [0.15, 0.2) is 29.3 Å². The summed E-state index contributed by atoms with van der Waals surface area (Å²) in [5, 5.41) is 3.51. The maximum atomic E-state index is 13.1. The van der Waals surface area contributed by atoms with Gasteiger partial charge in [0, 0.05) is 25.6 Å². The van der Waals surface area contributed by atoms with E-state index in [1.165, 1.54) is 31.2 Å². The van der Waals surface area contributed by atoms with E-state index >= 15 is 0 Å². The molecule has 1 aromatic carbocycles. The van der Waals surface area contributed by atoms with Crippen LogP contribution in [0, 0.1) is 5.82 Å². The number of benzene rings is 1. The Bertz CT molecular complexity index is 489. The summed E-state index contributed by atoms with van der Waals surface area (Å²) in [6.07, 6.45) is 4.84. The van der Waals surface area contributed by atoms with Crippen molar-refractivity contribution >= 4 is 5.96 Å². The minimum absolute atomic E-state index is 0.139. The van der Waals surface area contributed by atoms with Crippen LogP contribution in [0.2, 0.25) is 0 Å². The molecule has 0 bridgehead atoms. The molecule has 108 valence electrons. The Morgan fingerprint density at radius 1 is 1.25 bits per heavy atom. The Morgan fingerprint density at radius 3 is 2.55 bits per heavy atom. The molecule has 0 atom stereocenters. The third-order valence-corrected chi connectivity index (χ3v) is 4.66. The van der Waals surface area contributed by atoms with Crippen LogP contribution in [0.25, 0.3) is 0 Å². The van der Waals surface area contributed by atoms with Gasteiger partial charge in [0.1, 0.15) is 5.82 Å². The number of nitrogens with one attached hydrogen (secondary N) is 1. The third-order valence-electron chi connectivity index (χ3n) is 4.66. The summed E-state index contributed by atoms with van der Waals surface area (Å²) in [5.74, 6) is 0.841. The topological polar surface area (TPSA) is 27.6 Å². The molecule has 1 aromatic rings. The first-order valence-electron chi connectivity index (χ1n) is 7.45. The first-order valence-corrected chi connectivity index (χ1v) is 7.45. The minimum atomic E-state index is -0.158. The fraction of sp³-hybridized carbons (Fsp3) is 0.562. The van der Waals surface area contributed by atoms with Gasteiger partial charge in [-0.1, -0.05) is 25.0 Å². The van der Waals surface area contributed by atoms with E-state index in [0.29, 0.717) is 0 Å². The molecule has 0 unspecified atom stereocenters. The van der Waals surface area contributed by atoms with Gasteiger partial charge < -0.3 is 10.2 Å². The summed E-state index contributed by atoms with van der Waals surface area (Å²) in [7, 11) is 2.07. The van der Waals surface area contributed by atoms with Crippen LogP contribution < -0.4 is 5.32 Å². The Balaban J connectivity index is 1.76. The van der Waals surface area contributed by atoms with Crippen molar-refractivity contribution in [3.8, 4) is 0 Å². The van der Waals surface area contributed by atoms with E-state index in [9.17, 15) is 4.39 Å². The monoisotopic (exact) mass is 275 g/mol. The average molecular weight is 275 g/mol. The summed E-state index contributed by atoms with van der Waals surface area (Å²) in [6.45, 7) is 2.76. The van der Waals surface area contributed by atoms with Crippen molar-refractivity contribution in [2.75, 3.05) is 26.7 Å². The fourth-order valence-corrected chi connectivity index (χ4v) is 3.39. The van der Waals surface area contributed by atoms with Gasteiger partial charge in [0.25, 0.3) is 0 Å². The van der Waals surface area contributed by atoms with Crippen molar-refractivity contribution in [2.24, 2.45) is 4.99 Å². The number of aliphatic imine (C=N–C) groups is 1. The lowest BCUT2D eigenvalue weighted by Gasteiger charge is -2.31. The molecule has 0 radical (unpaired) electrons. The molecule has 0 spiro atoms. The number of nitrogens with zero attached hydrogens (tertiary/aromatic N) is 2. The van der Waals surface area contributed by atoms with Crippen LogP contribution in [0.3, 0.4) is 0 Å². The number of guanidine groups is 1. The molecule has 1 heterocycles. The molecule has 1 fully saturated rings. The van der Waals surface area contributed by atoms with Crippen LogP contribution in [-0.2, 0) is 5.41 Å². The quantitative estimate of drug-likeness (QED) is 0.918. The zero-order valence-electron chi connectivity index (χ0n) is 12.0. The van der Waals surface area contributed by atoms with Gasteiger partial charge in [-0.15, -0.1) is 0 Å². The third kappa shape index (κ3) is 2.51. The first-order chi connectivity index (χ1) is 9.70. The second kappa shape index (κ2) is 5.43. The smallest absolute Gasteiger partial charge is 0.193 e. The Labute approximate surface area is 119 Å². The molecule has 3 rings (SSSR count). The van der Waals surface area contributed by atoms with Gasteiger partial charge in [0.05, 0.1) is 6.54 Å². The summed E-state index contributed by atoms with van der Waals surface area (Å²) in [6, 6.07) is 7.05. The highest BCUT2D eigenvalue weighted by atomic mass is 19.1. The van der Waals surface area contributed by atoms with Gasteiger partial charge in [0.15, 0.2) is 5.96 Å². The minimum Gasteiger partial charge on any atom is -0.355 e. The molecule has 0 amide bonds. The summed E-state index contributed by atoms with van der Waals surface area (Å²) >= 11 is 0. The Kier molecular flexibility index (Phi) is 3.64. The molecule has 0 saturated heterocycles. The van der Waals surface area contributed by atoms with Crippen molar-refractivity contribution in [2.45, 2.75) is 31.1 Å². The highest BCUT2D eigenvalue weighted by molar-refractivity contribution is 5.81. The predicted molar refractivity (Wildman–Crippen MR) is 79.5 cm³/mol. The first kappa shape index (κ1) is 13.4. The van der Waals surface area contributed by atoms with Gasteiger partial charge in [0.2, 0.25) is 0 Å². The maximum absolute atomic E-state index is 13.1. The van der Waals surface area contributed by atoms with Crippen molar-refractivity contribution in [3.63, 3.8) is 0 Å². The number of hydrogen-bond donors (Lipinski definition) is 1. The van der Waals surface area contributed by atoms with Gasteiger partial charge >= 0.3 is 0 Å². The summed E-state index contributed by atoms with van der Waals surface area (Å²) < 4.78 is 13.1. The second-order valence-corrected chi connectivity index (χ2v) is 5.97. The number of rotatable bonds is 3. The molecule has 2 aliphatic rings. The molecule has 1 saturated carbocycles. The van der Waals surface area contributed by atoms with Gasteiger partial charge in [-0.05, 0) is 30.5 Å². The number of hydrogen-bond acceptors (Lipinski definition) is 3. The fourth-order valence-electron chi connectivity index (χ4n) is 3.39. The van der Waals surface area contributed by atoms with Crippen molar-refractivity contribution in [1.29, 1.82) is 0 Å². The average Bonchev–Trinajstić information content (AvgIpc) is 3.07. The van der Waals surface area contributed by atoms with Crippen LogP contribution in [0.4, 0.5) is 4.39 Å². The largest absolute Gasteiger partial charge is 0.355 e. The van der Waals surface area contributed by atoms with E-state index in [4.69, 9.17) is 0 Å². The lowest BCUT2D eigenvalue weighted by Crippen LogP contribution is -2.43. The molecule has 3 nitrogen and oxygen atoms in total. The van der Waals surface area contributed by atoms with E-state index in [1.807, 2.05) is 12.1 Å². The van der Waals surface area contributed by atoms with E-state index < -0.39 is 0 Å². The molecular weight excluding hydrogens is 253 g/mol. The van der Waals surface area contributed by atoms with Crippen molar-refractivity contribution in [1.82, 2.24) is 10.2 Å². The maximum Gasteiger partial charge on any atom is 0.193 e. The van der Waals surface area contributed by atoms with E-state index in [1.54, 1.807) is 12.1 Å². The Morgan fingerprint density at radius 2 is 1.95 bits per heavy atom.